The van der Waals surface area contributed by atoms with E-state index >= 15 is 0 Å². The zero-order valence-corrected chi connectivity index (χ0v) is 17.1. The van der Waals surface area contributed by atoms with Gasteiger partial charge in [0.05, 0.1) is 5.39 Å². The quantitative estimate of drug-likeness (QED) is 0.375. The van der Waals surface area contributed by atoms with E-state index in [4.69, 9.17) is 12.6 Å². The number of fused-ring (bicyclic) bond motifs is 3. The van der Waals surface area contributed by atoms with Crippen molar-refractivity contribution < 1.29 is 17.2 Å². The SMILES string of the molecule is [2H]C([2H])([2H])c1cc(C)c2c3c(oc2n1)N(C)B(c1cc(-c2ccccc2)c(C([2H])([2H])[2H])c[n+]1C)C=C3. The number of hydrogen-bond donors (Lipinski definition) is 0. The highest BCUT2D eigenvalue weighted by Gasteiger charge is 2.36. The van der Waals surface area contributed by atoms with E-state index < -0.39 is 13.7 Å². The van der Waals surface area contributed by atoms with Crippen LogP contribution in [0.4, 0.5) is 5.88 Å². The van der Waals surface area contributed by atoms with E-state index in [1.807, 2.05) is 78.8 Å². The maximum Gasteiger partial charge on any atom is 0.398 e. The fraction of sp³-hybridized carbons (Fsp3) is 0.200. The first-order chi connectivity index (χ1) is 16.9. The summed E-state index contributed by atoms with van der Waals surface area (Å²) >= 11 is 0. The number of nitrogens with zero attached hydrogens (tertiary/aromatic N) is 3. The van der Waals surface area contributed by atoms with Gasteiger partial charge in [-0.2, -0.15) is 0 Å². The lowest BCUT2D eigenvalue weighted by atomic mass is 9.55. The summed E-state index contributed by atoms with van der Waals surface area (Å²) in [5.74, 6) is 2.62. The number of pyridine rings is 2. The van der Waals surface area contributed by atoms with E-state index in [1.165, 1.54) is 0 Å². The summed E-state index contributed by atoms with van der Waals surface area (Å²) in [5, 5.41) is 0.784. The summed E-state index contributed by atoms with van der Waals surface area (Å²) in [6, 6.07) is 13.0. The molecule has 4 nitrogen and oxygen atoms in total. The molecular formula is C25H25BN3O+. The standard InChI is InChI=1S/C25H25BN3O/c1-16-13-18(3)27-24-23(16)20-11-12-26(29(5)25(20)30-24)22-14-21(17(2)15-28(22)4)19-9-7-6-8-10-19/h6-15H,1-5H3/q+1/i2D3,3D3. The van der Waals surface area contributed by atoms with Crippen LogP contribution in [0.25, 0.3) is 28.3 Å². The highest BCUT2D eigenvalue weighted by atomic mass is 16.4. The molecule has 148 valence electrons. The van der Waals surface area contributed by atoms with E-state index in [0.29, 0.717) is 11.4 Å². The van der Waals surface area contributed by atoms with E-state index in [-0.39, 0.29) is 23.8 Å². The minimum Gasteiger partial charge on any atom is -0.423 e. The Kier molecular flexibility index (Phi) is 2.99. The molecule has 5 rings (SSSR count). The van der Waals surface area contributed by atoms with Crippen LogP contribution in [-0.2, 0) is 7.05 Å². The molecule has 0 aliphatic carbocycles. The second-order valence-corrected chi connectivity index (χ2v) is 7.74. The van der Waals surface area contributed by atoms with E-state index in [1.54, 1.807) is 12.3 Å². The highest BCUT2D eigenvalue weighted by molar-refractivity contribution is 6.80. The van der Waals surface area contributed by atoms with Crippen LogP contribution in [0.15, 0.2) is 59.1 Å². The second kappa shape index (κ2) is 6.87. The first kappa shape index (κ1) is 13.1. The second-order valence-electron chi connectivity index (χ2n) is 7.74. The monoisotopic (exact) mass is 400 g/mol. The van der Waals surface area contributed by atoms with Crippen molar-refractivity contribution in [3.63, 3.8) is 0 Å². The molecule has 1 aromatic carbocycles. The number of furan rings is 1. The van der Waals surface area contributed by atoms with Gasteiger partial charge < -0.3 is 9.23 Å². The normalized spacial score (nSPS) is 17.0. The number of hydrogen-bond acceptors (Lipinski definition) is 3. The van der Waals surface area contributed by atoms with Crippen molar-refractivity contribution in [2.45, 2.75) is 20.6 Å². The zero-order valence-electron chi connectivity index (χ0n) is 23.1. The molecule has 4 aromatic rings. The van der Waals surface area contributed by atoms with Crippen molar-refractivity contribution >= 4 is 35.5 Å². The van der Waals surface area contributed by atoms with Crippen LogP contribution in [0.2, 0.25) is 0 Å². The fourth-order valence-electron chi connectivity index (χ4n) is 4.27. The van der Waals surface area contributed by atoms with Crippen LogP contribution in [0.5, 0.6) is 0 Å². The molecule has 0 radical (unpaired) electrons. The number of rotatable bonds is 2. The van der Waals surface area contributed by atoms with Gasteiger partial charge in [-0.25, -0.2) is 9.55 Å². The Balaban J connectivity index is 1.64. The van der Waals surface area contributed by atoms with Crippen molar-refractivity contribution in [2.75, 3.05) is 11.9 Å². The van der Waals surface area contributed by atoms with E-state index in [0.717, 1.165) is 27.7 Å². The molecule has 5 heteroatoms. The minimum absolute atomic E-state index is 0.000867. The smallest absolute Gasteiger partial charge is 0.398 e. The Morgan fingerprint density at radius 1 is 1.13 bits per heavy atom. The molecule has 0 saturated heterocycles. The van der Waals surface area contributed by atoms with Crippen LogP contribution in [0.1, 0.15) is 30.6 Å². The van der Waals surface area contributed by atoms with Crippen LogP contribution in [0.3, 0.4) is 0 Å². The summed E-state index contributed by atoms with van der Waals surface area (Å²) < 4.78 is 55.4. The number of aryl methyl sites for hydroxylation is 4. The molecular weight excluding hydrogens is 369 g/mol. The Bertz CT molecular complexity index is 1510. The van der Waals surface area contributed by atoms with Crippen molar-refractivity contribution in [2.24, 2.45) is 7.05 Å². The highest BCUT2D eigenvalue weighted by Crippen LogP contribution is 2.37. The van der Waals surface area contributed by atoms with Crippen LogP contribution < -0.4 is 15.0 Å². The maximum atomic E-state index is 8.09. The minimum atomic E-state index is -2.33. The molecule has 0 spiro atoms. The van der Waals surface area contributed by atoms with Crippen molar-refractivity contribution in [1.82, 2.24) is 4.98 Å². The summed E-state index contributed by atoms with van der Waals surface area (Å²) in [7, 11) is 3.73. The van der Waals surface area contributed by atoms with Crippen LogP contribution in [-0.4, -0.2) is 18.9 Å². The van der Waals surface area contributed by atoms with Crippen molar-refractivity contribution in [3.8, 4) is 11.1 Å². The number of aromatic nitrogens is 2. The third-order valence-electron chi connectivity index (χ3n) is 5.76. The fourth-order valence-corrected chi connectivity index (χ4v) is 4.27. The van der Waals surface area contributed by atoms with Crippen molar-refractivity contribution in [3.05, 3.63) is 77.0 Å². The predicted molar refractivity (Wildman–Crippen MR) is 124 cm³/mol. The average molecular weight is 400 g/mol. The molecule has 0 bridgehead atoms. The van der Waals surface area contributed by atoms with Gasteiger partial charge in [-0.1, -0.05) is 42.4 Å². The first-order valence-electron chi connectivity index (χ1n) is 12.8. The molecule has 0 N–H and O–H groups in total. The van der Waals surface area contributed by atoms with Gasteiger partial charge in [0.25, 0.3) is 0 Å². The van der Waals surface area contributed by atoms with E-state index in [9.17, 15) is 0 Å². The lowest BCUT2D eigenvalue weighted by Crippen LogP contribution is -2.60. The summed E-state index contributed by atoms with van der Waals surface area (Å²) in [4.78, 5) is 6.26. The molecule has 0 saturated carbocycles. The third-order valence-corrected chi connectivity index (χ3v) is 5.76. The summed E-state index contributed by atoms with van der Waals surface area (Å²) in [5.41, 5.74) is 4.55. The predicted octanol–water partition coefficient (Wildman–Crippen LogP) is 4.15. The van der Waals surface area contributed by atoms with Gasteiger partial charge in [0.2, 0.25) is 5.71 Å². The van der Waals surface area contributed by atoms with Gasteiger partial charge >= 0.3 is 6.85 Å². The molecule has 30 heavy (non-hydrogen) atoms. The lowest BCUT2D eigenvalue weighted by molar-refractivity contribution is -0.654. The summed E-state index contributed by atoms with van der Waals surface area (Å²) in [6.07, 6.45) is 3.64. The van der Waals surface area contributed by atoms with Crippen LogP contribution in [0, 0.1) is 20.6 Å². The lowest BCUT2D eigenvalue weighted by Gasteiger charge is -2.25. The molecule has 0 fully saturated rings. The zero-order chi connectivity index (χ0) is 26.0. The van der Waals surface area contributed by atoms with Crippen LogP contribution >= 0.6 is 0 Å². The molecule has 1 aliphatic rings. The van der Waals surface area contributed by atoms with Gasteiger partial charge in [0.1, 0.15) is 7.05 Å². The Morgan fingerprint density at radius 3 is 2.73 bits per heavy atom. The molecule has 0 unspecified atom stereocenters. The molecule has 1 aliphatic heterocycles. The molecule has 0 atom stereocenters. The maximum absolute atomic E-state index is 8.09. The topological polar surface area (TPSA) is 33.2 Å². The molecule has 3 aromatic heterocycles. The largest absolute Gasteiger partial charge is 0.423 e. The Labute approximate surface area is 186 Å². The van der Waals surface area contributed by atoms with Gasteiger partial charge in [0, 0.05) is 31.1 Å². The number of benzene rings is 1. The van der Waals surface area contributed by atoms with Gasteiger partial charge in [-0.3, -0.25) is 0 Å². The van der Waals surface area contributed by atoms with Gasteiger partial charge in [-0.05, 0) is 50.4 Å². The molecule has 0 amide bonds. The van der Waals surface area contributed by atoms with Gasteiger partial charge in [0.15, 0.2) is 17.7 Å². The molecule has 4 heterocycles. The van der Waals surface area contributed by atoms with Crippen molar-refractivity contribution in [1.29, 1.82) is 0 Å². The van der Waals surface area contributed by atoms with Gasteiger partial charge in [-0.15, -0.1) is 0 Å². The Hall–Kier alpha value is -3.34. The first-order valence-corrected chi connectivity index (χ1v) is 9.81. The summed E-state index contributed by atoms with van der Waals surface area (Å²) in [6.45, 7) is -3.00. The van der Waals surface area contributed by atoms with E-state index in [2.05, 4.69) is 4.98 Å². The third kappa shape index (κ3) is 2.85. The Morgan fingerprint density at radius 2 is 1.97 bits per heavy atom. The number of anilines is 1. The average Bonchev–Trinajstić information content (AvgIpc) is 3.19.